The van der Waals surface area contributed by atoms with E-state index in [4.69, 9.17) is 0 Å². The number of nitrogens with zero attached hydrogens (tertiary/aromatic N) is 2. The number of benzene rings is 1. The first kappa shape index (κ1) is 13.2. The highest BCUT2D eigenvalue weighted by Crippen LogP contribution is 2.11. The number of carbonyl (C=O) groups is 1. The second kappa shape index (κ2) is 6.01. The predicted octanol–water partition coefficient (Wildman–Crippen LogP) is 2.08. The molecule has 0 atom stereocenters. The molecular formula is C12H17BrN2O. The number of halogens is 1. The van der Waals surface area contributed by atoms with E-state index >= 15 is 0 Å². The molecule has 0 radical (unpaired) electrons. The number of amides is 1. The largest absolute Gasteiger partial charge is 0.340 e. The molecule has 1 rings (SSSR count). The van der Waals surface area contributed by atoms with Crippen molar-refractivity contribution in [3.8, 4) is 0 Å². The minimum absolute atomic E-state index is 0.0642. The van der Waals surface area contributed by atoms with E-state index in [1.54, 1.807) is 4.90 Å². The maximum absolute atomic E-state index is 12.0. The summed E-state index contributed by atoms with van der Waals surface area (Å²) in [6.45, 7) is 1.61. The fourth-order valence-corrected chi connectivity index (χ4v) is 1.53. The Bertz CT molecular complexity index is 349. The van der Waals surface area contributed by atoms with E-state index in [2.05, 4.69) is 20.8 Å². The number of hydrogen-bond acceptors (Lipinski definition) is 2. The van der Waals surface area contributed by atoms with Gasteiger partial charge in [-0.1, -0.05) is 15.9 Å². The van der Waals surface area contributed by atoms with Crippen LogP contribution in [0, 0.1) is 0 Å². The lowest BCUT2D eigenvalue weighted by Gasteiger charge is -2.19. The standard InChI is InChI=1S/C12H17BrN2O/c1-14(2)8-9-15(3)12(16)10-4-6-11(13)7-5-10/h4-7H,8-9H2,1-3H3. The van der Waals surface area contributed by atoms with Gasteiger partial charge in [-0.25, -0.2) is 0 Å². The molecule has 1 amide bonds. The third-order valence-electron chi connectivity index (χ3n) is 2.32. The van der Waals surface area contributed by atoms with Crippen LogP contribution in [0.3, 0.4) is 0 Å². The maximum atomic E-state index is 12.0. The topological polar surface area (TPSA) is 23.6 Å². The molecule has 0 saturated carbocycles. The zero-order chi connectivity index (χ0) is 12.1. The molecule has 0 aliphatic rings. The summed E-state index contributed by atoms with van der Waals surface area (Å²) < 4.78 is 0.986. The van der Waals surface area contributed by atoms with E-state index in [0.29, 0.717) is 0 Å². The molecule has 1 aromatic carbocycles. The van der Waals surface area contributed by atoms with Crippen LogP contribution in [0.15, 0.2) is 28.7 Å². The quantitative estimate of drug-likeness (QED) is 0.845. The highest BCUT2D eigenvalue weighted by molar-refractivity contribution is 9.10. The monoisotopic (exact) mass is 284 g/mol. The SMILES string of the molecule is CN(C)CCN(C)C(=O)c1ccc(Br)cc1. The van der Waals surface area contributed by atoms with Crippen LogP contribution in [-0.2, 0) is 0 Å². The lowest BCUT2D eigenvalue weighted by atomic mass is 10.2. The second-order valence-electron chi connectivity index (χ2n) is 4.04. The zero-order valence-corrected chi connectivity index (χ0v) is 11.5. The first-order chi connectivity index (χ1) is 7.50. The van der Waals surface area contributed by atoms with Gasteiger partial charge in [-0.05, 0) is 38.4 Å². The fourth-order valence-electron chi connectivity index (χ4n) is 1.26. The van der Waals surface area contributed by atoms with Crippen LogP contribution in [0.4, 0.5) is 0 Å². The summed E-state index contributed by atoms with van der Waals surface area (Å²) in [7, 11) is 5.82. The number of hydrogen-bond donors (Lipinski definition) is 0. The molecule has 0 heterocycles. The van der Waals surface area contributed by atoms with E-state index in [9.17, 15) is 4.79 Å². The molecule has 0 N–H and O–H groups in total. The van der Waals surface area contributed by atoms with Crippen LogP contribution < -0.4 is 0 Å². The molecule has 1 aromatic rings. The fraction of sp³-hybridized carbons (Fsp3) is 0.417. The van der Waals surface area contributed by atoms with Crippen molar-refractivity contribution in [3.63, 3.8) is 0 Å². The second-order valence-corrected chi connectivity index (χ2v) is 4.95. The van der Waals surface area contributed by atoms with Crippen LogP contribution in [-0.4, -0.2) is 49.9 Å². The third-order valence-corrected chi connectivity index (χ3v) is 2.85. The molecule has 0 spiro atoms. The first-order valence-corrected chi connectivity index (χ1v) is 5.96. The van der Waals surface area contributed by atoms with Gasteiger partial charge in [-0.3, -0.25) is 4.79 Å². The molecule has 3 nitrogen and oxygen atoms in total. The summed E-state index contributed by atoms with van der Waals surface area (Å²) >= 11 is 3.35. The molecule has 0 bridgehead atoms. The zero-order valence-electron chi connectivity index (χ0n) is 9.90. The highest BCUT2D eigenvalue weighted by atomic mass is 79.9. The van der Waals surface area contributed by atoms with Gasteiger partial charge in [-0.2, -0.15) is 0 Å². The highest BCUT2D eigenvalue weighted by Gasteiger charge is 2.10. The predicted molar refractivity (Wildman–Crippen MR) is 69.7 cm³/mol. The Kier molecular flexibility index (Phi) is 4.96. The lowest BCUT2D eigenvalue weighted by Crippen LogP contribution is -2.33. The van der Waals surface area contributed by atoms with Crippen molar-refractivity contribution in [2.75, 3.05) is 34.2 Å². The van der Waals surface area contributed by atoms with Gasteiger partial charge in [0.2, 0.25) is 0 Å². The van der Waals surface area contributed by atoms with Crippen molar-refractivity contribution in [3.05, 3.63) is 34.3 Å². The van der Waals surface area contributed by atoms with Crippen molar-refractivity contribution >= 4 is 21.8 Å². The van der Waals surface area contributed by atoms with Gasteiger partial charge in [-0.15, -0.1) is 0 Å². The van der Waals surface area contributed by atoms with Gasteiger partial charge in [0.05, 0.1) is 0 Å². The van der Waals surface area contributed by atoms with Gasteiger partial charge in [0.25, 0.3) is 5.91 Å². The van der Waals surface area contributed by atoms with Gasteiger partial charge in [0, 0.05) is 30.2 Å². The van der Waals surface area contributed by atoms with Crippen LogP contribution in [0.25, 0.3) is 0 Å². The Morgan fingerprint density at radius 1 is 1.12 bits per heavy atom. The number of carbonyl (C=O) groups excluding carboxylic acids is 1. The third kappa shape index (κ3) is 3.94. The molecule has 0 fully saturated rings. The molecule has 0 aliphatic heterocycles. The average Bonchev–Trinajstić information content (AvgIpc) is 2.26. The van der Waals surface area contributed by atoms with Crippen molar-refractivity contribution < 1.29 is 4.79 Å². The maximum Gasteiger partial charge on any atom is 0.253 e. The molecule has 88 valence electrons. The van der Waals surface area contributed by atoms with Crippen LogP contribution in [0.2, 0.25) is 0 Å². The smallest absolute Gasteiger partial charge is 0.253 e. The van der Waals surface area contributed by atoms with Crippen molar-refractivity contribution in [1.29, 1.82) is 0 Å². The minimum Gasteiger partial charge on any atom is -0.340 e. The van der Waals surface area contributed by atoms with Crippen LogP contribution in [0.1, 0.15) is 10.4 Å². The summed E-state index contributed by atoms with van der Waals surface area (Å²) in [4.78, 5) is 15.8. The summed E-state index contributed by atoms with van der Waals surface area (Å²) in [6, 6.07) is 7.43. The van der Waals surface area contributed by atoms with Crippen LogP contribution >= 0.6 is 15.9 Å². The molecule has 16 heavy (non-hydrogen) atoms. The Morgan fingerprint density at radius 2 is 1.69 bits per heavy atom. The molecular weight excluding hydrogens is 268 g/mol. The Labute approximate surface area is 105 Å². The molecule has 0 aliphatic carbocycles. The molecule has 0 unspecified atom stereocenters. The van der Waals surface area contributed by atoms with Gasteiger partial charge >= 0.3 is 0 Å². The number of likely N-dealkylation sites (N-methyl/N-ethyl adjacent to an activating group) is 2. The van der Waals surface area contributed by atoms with Gasteiger partial charge < -0.3 is 9.80 Å². The molecule has 4 heteroatoms. The van der Waals surface area contributed by atoms with E-state index in [1.807, 2.05) is 45.4 Å². The van der Waals surface area contributed by atoms with E-state index < -0.39 is 0 Å². The van der Waals surface area contributed by atoms with E-state index in [0.717, 1.165) is 23.1 Å². The molecule has 0 aromatic heterocycles. The Balaban J connectivity index is 2.60. The van der Waals surface area contributed by atoms with E-state index in [1.165, 1.54) is 0 Å². The van der Waals surface area contributed by atoms with Crippen molar-refractivity contribution in [2.45, 2.75) is 0 Å². The summed E-state index contributed by atoms with van der Waals surface area (Å²) in [5.74, 6) is 0.0642. The van der Waals surface area contributed by atoms with Gasteiger partial charge in [0.15, 0.2) is 0 Å². The Hall–Kier alpha value is -0.870. The summed E-state index contributed by atoms with van der Waals surface area (Å²) in [5.41, 5.74) is 0.726. The lowest BCUT2D eigenvalue weighted by molar-refractivity contribution is 0.0786. The first-order valence-electron chi connectivity index (χ1n) is 5.16. The van der Waals surface area contributed by atoms with Gasteiger partial charge in [0.1, 0.15) is 0 Å². The van der Waals surface area contributed by atoms with Crippen LogP contribution in [0.5, 0.6) is 0 Å². The van der Waals surface area contributed by atoms with Crippen molar-refractivity contribution in [2.24, 2.45) is 0 Å². The minimum atomic E-state index is 0.0642. The molecule has 0 saturated heterocycles. The average molecular weight is 285 g/mol. The normalized spacial score (nSPS) is 10.6. The summed E-state index contributed by atoms with van der Waals surface area (Å²) in [5, 5.41) is 0. The number of rotatable bonds is 4. The Morgan fingerprint density at radius 3 is 2.19 bits per heavy atom. The van der Waals surface area contributed by atoms with E-state index in [-0.39, 0.29) is 5.91 Å². The summed E-state index contributed by atoms with van der Waals surface area (Å²) in [6.07, 6.45) is 0. The van der Waals surface area contributed by atoms with Crippen molar-refractivity contribution in [1.82, 2.24) is 9.80 Å².